The van der Waals surface area contributed by atoms with E-state index in [1.54, 1.807) is 24.8 Å². The fourth-order valence-corrected chi connectivity index (χ4v) is 3.79. The molecule has 0 spiro atoms. The molecule has 2 aromatic carbocycles. The first-order chi connectivity index (χ1) is 16.2. The summed E-state index contributed by atoms with van der Waals surface area (Å²) in [5.74, 6) is 4.34. The number of hydrogen-bond acceptors (Lipinski definition) is 5. The zero-order valence-corrected chi connectivity index (χ0v) is 17.9. The third-order valence-corrected chi connectivity index (χ3v) is 5.27. The van der Waals surface area contributed by atoms with E-state index < -0.39 is 0 Å². The molecule has 2 aliphatic heterocycles. The Morgan fingerprint density at radius 1 is 0.606 bits per heavy atom. The largest absolute Gasteiger partial charge is 0.479 e. The number of nitrogens with zero attached hydrogens (tertiary/aromatic N) is 8. The molecule has 0 saturated heterocycles. The van der Waals surface area contributed by atoms with E-state index in [-0.39, 0.29) is 0 Å². The Morgan fingerprint density at radius 3 is 1.48 bits per heavy atom. The van der Waals surface area contributed by atoms with Crippen molar-refractivity contribution in [2.24, 2.45) is 0 Å². The van der Waals surface area contributed by atoms with E-state index >= 15 is 0 Å². The van der Waals surface area contributed by atoms with Gasteiger partial charge in [0.1, 0.15) is 25.6 Å². The summed E-state index contributed by atoms with van der Waals surface area (Å²) < 4.78 is 13.6. The molecule has 0 saturated carbocycles. The van der Waals surface area contributed by atoms with Gasteiger partial charge in [0.15, 0.2) is 23.8 Å². The quantitative estimate of drug-likeness (QED) is 0.459. The zero-order valence-electron chi connectivity index (χ0n) is 17.9. The van der Waals surface area contributed by atoms with Gasteiger partial charge in [-0.25, -0.2) is 0 Å². The molecule has 156 valence electrons. The van der Waals surface area contributed by atoms with Crippen LogP contribution in [0.2, 0.25) is 0 Å². The summed E-state index contributed by atoms with van der Waals surface area (Å²) in [6.45, 7) is 0. The molecule has 4 heterocycles. The van der Waals surface area contributed by atoms with E-state index in [0.29, 0.717) is 11.5 Å². The van der Waals surface area contributed by atoms with Gasteiger partial charge < -0.3 is 4.74 Å². The van der Waals surface area contributed by atoms with Crippen LogP contribution in [-0.4, -0.2) is 55.2 Å². The number of hydrogen-bond donors (Lipinski definition) is 0. The Hall–Kier alpha value is -4.84. The minimum atomic E-state index is 0.693. The molecule has 0 amide bonds. The lowest BCUT2D eigenvalue weighted by Gasteiger charge is -2.06. The van der Waals surface area contributed by atoms with E-state index in [0.717, 1.165) is 34.6 Å². The summed E-state index contributed by atoms with van der Waals surface area (Å²) in [5, 5.41) is 0. The average molecular weight is 434 g/mol. The van der Waals surface area contributed by atoms with Gasteiger partial charge in [-0.2, -0.15) is 9.97 Å². The fraction of sp³-hybridized carbons (Fsp3) is 0.0833. The molecule has 0 radical (unpaired) electrons. The predicted octanol–water partition coefficient (Wildman–Crippen LogP) is 3.65. The lowest BCUT2D eigenvalue weighted by Crippen LogP contribution is -2.02. The summed E-state index contributed by atoms with van der Waals surface area (Å²) in [4.78, 5) is 17.7. The maximum Gasteiger partial charge on any atom is 0.479 e. The second-order valence-corrected chi connectivity index (χ2v) is 7.49. The van der Waals surface area contributed by atoms with Crippen LogP contribution in [0, 0.1) is 0 Å². The molecule has 0 bridgehead atoms. The third-order valence-electron chi connectivity index (χ3n) is 5.27. The van der Waals surface area contributed by atoms with Gasteiger partial charge in [0.2, 0.25) is 0 Å². The summed E-state index contributed by atoms with van der Waals surface area (Å²) in [7, 11) is 3.79. The summed E-state index contributed by atoms with van der Waals surface area (Å²) in [6.07, 6.45) is 6.68. The van der Waals surface area contributed by atoms with Crippen LogP contribution in [0.4, 0.5) is 34.6 Å². The number of fused-ring (bicyclic) bond motifs is 2. The topological polar surface area (TPSA) is 72.8 Å². The predicted molar refractivity (Wildman–Crippen MR) is 122 cm³/mol. The molecular weight excluding hydrogens is 416 g/mol. The lowest BCUT2D eigenvalue weighted by atomic mass is 10.2. The van der Waals surface area contributed by atoms with E-state index in [1.807, 2.05) is 80.9 Å². The van der Waals surface area contributed by atoms with Gasteiger partial charge in [-0.05, 0) is 24.3 Å². The minimum absolute atomic E-state index is 0.693. The van der Waals surface area contributed by atoms with E-state index in [4.69, 9.17) is 4.74 Å². The Balaban J connectivity index is 1.32. The summed E-state index contributed by atoms with van der Waals surface area (Å²) in [6, 6.07) is 22.0. The first kappa shape index (κ1) is 18.9. The van der Waals surface area contributed by atoms with Crippen molar-refractivity contribution in [3.8, 4) is 11.5 Å². The van der Waals surface area contributed by atoms with Crippen LogP contribution in [0.5, 0.6) is 11.5 Å². The average Bonchev–Trinajstić information content (AvgIpc) is 3.37. The Bertz CT molecular complexity index is 1470. The zero-order chi connectivity index (χ0) is 22.4. The lowest BCUT2D eigenvalue weighted by molar-refractivity contribution is -0.398. The second kappa shape index (κ2) is 7.39. The van der Waals surface area contributed by atoms with Crippen LogP contribution >= 0.6 is 0 Å². The van der Waals surface area contributed by atoms with Crippen LogP contribution in [0.25, 0.3) is 0 Å². The number of aromatic nitrogens is 4. The van der Waals surface area contributed by atoms with Crippen LogP contribution in [0.1, 0.15) is 0 Å². The SMILES string of the molecule is C[N+]1=C=[N+](c2cccc(Oc3cccc([N+]4=C=[N+](C)c5nccnc54)c3)c2)c2nccnc21. The van der Waals surface area contributed by atoms with Gasteiger partial charge in [0.05, 0.1) is 12.4 Å². The highest BCUT2D eigenvalue weighted by molar-refractivity contribution is 5.70. The first-order valence-corrected chi connectivity index (χ1v) is 10.3. The van der Waals surface area contributed by atoms with Gasteiger partial charge >= 0.3 is 35.3 Å². The van der Waals surface area contributed by atoms with Crippen molar-refractivity contribution in [1.29, 1.82) is 0 Å². The first-order valence-electron chi connectivity index (χ1n) is 10.3. The maximum absolute atomic E-state index is 6.20. The van der Waals surface area contributed by atoms with Crippen molar-refractivity contribution in [1.82, 2.24) is 29.1 Å². The molecule has 2 aliphatic rings. The molecule has 2 aromatic heterocycles. The van der Waals surface area contributed by atoms with E-state index in [9.17, 15) is 0 Å². The van der Waals surface area contributed by atoms with E-state index in [2.05, 4.69) is 32.0 Å². The highest BCUT2D eigenvalue weighted by Gasteiger charge is 2.36. The summed E-state index contributed by atoms with van der Waals surface area (Å²) >= 11 is 0. The number of rotatable bonds is 4. The molecule has 0 aliphatic carbocycles. The molecule has 0 N–H and O–H groups in total. The van der Waals surface area contributed by atoms with Crippen LogP contribution in [0.15, 0.2) is 73.3 Å². The van der Waals surface area contributed by atoms with Crippen molar-refractivity contribution < 1.29 is 13.9 Å². The Kier molecular flexibility index (Phi) is 4.23. The molecule has 0 unspecified atom stereocenters. The van der Waals surface area contributed by atoms with Crippen molar-refractivity contribution in [2.75, 3.05) is 14.1 Å². The van der Waals surface area contributed by atoms with E-state index in [1.165, 1.54) is 0 Å². The van der Waals surface area contributed by atoms with Crippen molar-refractivity contribution in [2.45, 2.75) is 0 Å². The Labute approximate surface area is 188 Å². The van der Waals surface area contributed by atoms with Gasteiger partial charge in [-0.1, -0.05) is 21.3 Å². The monoisotopic (exact) mass is 434 g/mol. The number of ether oxygens (including phenoxy) is 1. The molecular formula is C24H18N8O+4. The molecule has 0 atom stereocenters. The smallest absolute Gasteiger partial charge is 0.457 e. The van der Waals surface area contributed by atoms with Crippen LogP contribution < -0.4 is 13.9 Å². The van der Waals surface area contributed by atoms with Crippen LogP contribution in [0.3, 0.4) is 0 Å². The highest BCUT2D eigenvalue weighted by Crippen LogP contribution is 2.33. The van der Waals surface area contributed by atoms with Crippen molar-refractivity contribution in [3.05, 3.63) is 73.3 Å². The van der Waals surface area contributed by atoms with Gasteiger partial charge in [0, 0.05) is 22.1 Å². The fourth-order valence-electron chi connectivity index (χ4n) is 3.79. The summed E-state index contributed by atoms with van der Waals surface area (Å²) in [5.41, 5.74) is 1.75. The highest BCUT2D eigenvalue weighted by atomic mass is 16.5. The number of benzene rings is 2. The van der Waals surface area contributed by atoms with Crippen molar-refractivity contribution in [3.63, 3.8) is 0 Å². The van der Waals surface area contributed by atoms with Crippen LogP contribution in [-0.2, 0) is 0 Å². The maximum atomic E-state index is 6.20. The van der Waals surface area contributed by atoms with Gasteiger partial charge in [0.25, 0.3) is 0 Å². The molecule has 33 heavy (non-hydrogen) atoms. The third kappa shape index (κ3) is 3.21. The molecule has 0 fully saturated rings. The molecule has 4 aromatic rings. The minimum Gasteiger partial charge on any atom is -0.457 e. The Morgan fingerprint density at radius 2 is 1.03 bits per heavy atom. The molecule has 6 rings (SSSR count). The van der Waals surface area contributed by atoms with Gasteiger partial charge in [-0.15, -0.1) is 9.15 Å². The molecule has 9 heteroatoms. The normalized spacial score (nSPS) is 13.5. The second-order valence-electron chi connectivity index (χ2n) is 7.49. The van der Waals surface area contributed by atoms with Crippen molar-refractivity contribution >= 4 is 46.7 Å². The van der Waals surface area contributed by atoms with Gasteiger partial charge in [-0.3, -0.25) is 0 Å². The molecule has 9 nitrogen and oxygen atoms in total. The standard InChI is InChI=1S/C24H18N8O/c1-29-15-31(23-21(29)25-9-11-27-23)17-5-3-7-19(13-17)33-20-8-4-6-18(14-20)32-16-30(2)22-24(32)28-12-10-26-22/h3-14H,1-2H3/q+4.